The second-order valence-electron chi connectivity index (χ2n) is 8.71. The summed E-state index contributed by atoms with van der Waals surface area (Å²) in [5.41, 5.74) is 0.171. The molecule has 0 radical (unpaired) electrons. The van der Waals surface area contributed by atoms with E-state index in [0.29, 0.717) is 12.3 Å². The van der Waals surface area contributed by atoms with Crippen LogP contribution in [0.5, 0.6) is 0 Å². The third-order valence-electron chi connectivity index (χ3n) is 7.04. The minimum absolute atomic E-state index is 0.171. The van der Waals surface area contributed by atoms with Gasteiger partial charge in [0.2, 0.25) is 5.91 Å². The smallest absolute Gasteiger partial charge is 0.222 e. The molecule has 1 aliphatic carbocycles. The molecule has 2 aliphatic heterocycles. The van der Waals surface area contributed by atoms with Gasteiger partial charge in [0.1, 0.15) is 0 Å². The summed E-state index contributed by atoms with van der Waals surface area (Å²) in [6.07, 6.45) is 8.39. The molecular formula is C21H33N3OS. The van der Waals surface area contributed by atoms with Crippen molar-refractivity contribution in [3.05, 3.63) is 21.9 Å². The van der Waals surface area contributed by atoms with Gasteiger partial charge in [0.05, 0.1) is 0 Å². The summed E-state index contributed by atoms with van der Waals surface area (Å²) < 4.78 is 0. The van der Waals surface area contributed by atoms with Gasteiger partial charge in [-0.2, -0.15) is 0 Å². The van der Waals surface area contributed by atoms with Gasteiger partial charge in [-0.25, -0.2) is 0 Å². The first-order chi connectivity index (χ1) is 12.6. The Morgan fingerprint density at radius 1 is 1.12 bits per heavy atom. The number of hydrogen-bond donors (Lipinski definition) is 0. The number of likely N-dealkylation sites (N-methyl/N-ethyl adjacent to an activating group) is 1. The zero-order valence-electron chi connectivity index (χ0n) is 16.4. The van der Waals surface area contributed by atoms with E-state index in [4.69, 9.17) is 0 Å². The number of carbonyl (C=O) groups is 1. The lowest BCUT2D eigenvalue weighted by Crippen LogP contribution is -2.60. The number of likely N-dealkylation sites (tertiary alicyclic amines) is 1. The molecule has 3 fully saturated rings. The first kappa shape index (κ1) is 18.5. The molecule has 1 atom stereocenters. The van der Waals surface area contributed by atoms with Crippen LogP contribution in [0.4, 0.5) is 0 Å². The van der Waals surface area contributed by atoms with Gasteiger partial charge in [-0.05, 0) is 50.8 Å². The molecule has 1 saturated carbocycles. The van der Waals surface area contributed by atoms with Crippen LogP contribution in [0.1, 0.15) is 60.6 Å². The van der Waals surface area contributed by atoms with Crippen molar-refractivity contribution < 1.29 is 4.79 Å². The summed E-state index contributed by atoms with van der Waals surface area (Å²) in [6, 6.07) is 4.76. The lowest BCUT2D eigenvalue weighted by molar-refractivity contribution is -0.129. The number of hydrogen-bond acceptors (Lipinski definition) is 4. The Bertz CT molecular complexity index is 639. The number of amides is 1. The molecule has 1 spiro atoms. The molecule has 1 aromatic heterocycles. The van der Waals surface area contributed by atoms with Crippen molar-refractivity contribution >= 4 is 17.2 Å². The Morgan fingerprint density at radius 3 is 2.73 bits per heavy atom. The van der Waals surface area contributed by atoms with Gasteiger partial charge in [-0.1, -0.05) is 12.8 Å². The van der Waals surface area contributed by atoms with E-state index >= 15 is 0 Å². The molecule has 5 heteroatoms. The largest absolute Gasteiger partial charge is 0.346 e. The number of rotatable bonds is 3. The third-order valence-corrected chi connectivity index (χ3v) is 8.27. The zero-order valence-corrected chi connectivity index (χ0v) is 17.2. The number of piperazine rings is 1. The molecule has 4 nitrogen and oxygen atoms in total. The second kappa shape index (κ2) is 7.61. The van der Waals surface area contributed by atoms with E-state index in [9.17, 15) is 4.79 Å². The van der Waals surface area contributed by atoms with Crippen LogP contribution in [-0.4, -0.2) is 66.4 Å². The highest BCUT2D eigenvalue weighted by molar-refractivity contribution is 7.12. The summed E-state index contributed by atoms with van der Waals surface area (Å²) in [4.78, 5) is 22.4. The topological polar surface area (TPSA) is 26.8 Å². The van der Waals surface area contributed by atoms with E-state index in [1.54, 1.807) is 4.88 Å². The molecule has 0 aromatic carbocycles. The Balaban J connectivity index is 1.42. The van der Waals surface area contributed by atoms with E-state index in [1.807, 2.05) is 23.3 Å². The summed E-state index contributed by atoms with van der Waals surface area (Å²) in [7, 11) is 4.22. The Morgan fingerprint density at radius 2 is 1.92 bits per heavy atom. The maximum absolute atomic E-state index is 12.1. The van der Waals surface area contributed by atoms with Gasteiger partial charge >= 0.3 is 0 Å². The predicted molar refractivity (Wildman–Crippen MR) is 108 cm³/mol. The molecule has 0 N–H and O–H groups in total. The third kappa shape index (κ3) is 3.71. The zero-order chi connectivity index (χ0) is 18.1. The highest BCUT2D eigenvalue weighted by Crippen LogP contribution is 2.38. The van der Waals surface area contributed by atoms with Crippen LogP contribution in [0.25, 0.3) is 0 Å². The van der Waals surface area contributed by atoms with Gasteiger partial charge in [0.25, 0.3) is 0 Å². The molecule has 0 unspecified atom stereocenters. The van der Waals surface area contributed by atoms with Crippen molar-refractivity contribution in [3.8, 4) is 0 Å². The molecule has 4 rings (SSSR count). The molecule has 3 aliphatic rings. The highest BCUT2D eigenvalue weighted by Gasteiger charge is 2.41. The number of nitrogens with zero attached hydrogens (tertiary/aromatic N) is 3. The van der Waals surface area contributed by atoms with Crippen molar-refractivity contribution in [1.29, 1.82) is 0 Å². The van der Waals surface area contributed by atoms with Crippen molar-refractivity contribution in [2.45, 2.75) is 62.9 Å². The van der Waals surface area contributed by atoms with E-state index in [1.165, 1.54) is 30.6 Å². The lowest BCUT2D eigenvalue weighted by atomic mass is 9.86. The molecule has 2 saturated heterocycles. The average molecular weight is 376 g/mol. The maximum atomic E-state index is 12.1. The van der Waals surface area contributed by atoms with E-state index in [2.05, 4.69) is 29.0 Å². The summed E-state index contributed by atoms with van der Waals surface area (Å²) in [6.45, 7) is 5.32. The van der Waals surface area contributed by atoms with Crippen molar-refractivity contribution in [1.82, 2.24) is 14.7 Å². The molecule has 1 amide bonds. The molecule has 144 valence electrons. The van der Waals surface area contributed by atoms with Crippen LogP contribution < -0.4 is 0 Å². The summed E-state index contributed by atoms with van der Waals surface area (Å²) in [5, 5.41) is 0. The van der Waals surface area contributed by atoms with Gasteiger partial charge in [-0.3, -0.25) is 14.6 Å². The molecular weight excluding hydrogens is 342 g/mol. The van der Waals surface area contributed by atoms with E-state index in [-0.39, 0.29) is 5.54 Å². The minimum Gasteiger partial charge on any atom is -0.346 e. The highest BCUT2D eigenvalue weighted by atomic mass is 32.1. The first-order valence-corrected chi connectivity index (χ1v) is 11.1. The van der Waals surface area contributed by atoms with Gasteiger partial charge in [0, 0.05) is 61.5 Å². The van der Waals surface area contributed by atoms with Crippen LogP contribution in [0.15, 0.2) is 12.1 Å². The van der Waals surface area contributed by atoms with Gasteiger partial charge in [-0.15, -0.1) is 11.3 Å². The molecule has 1 aromatic rings. The second-order valence-corrected chi connectivity index (χ2v) is 9.91. The van der Waals surface area contributed by atoms with Crippen molar-refractivity contribution in [3.63, 3.8) is 0 Å². The van der Waals surface area contributed by atoms with Crippen LogP contribution in [0, 0.1) is 0 Å². The quantitative estimate of drug-likeness (QED) is 0.809. The maximum Gasteiger partial charge on any atom is 0.222 e. The molecule has 3 heterocycles. The fourth-order valence-corrected chi connectivity index (χ4v) is 6.33. The predicted octanol–water partition coefficient (Wildman–Crippen LogP) is 3.53. The van der Waals surface area contributed by atoms with Crippen LogP contribution in [0.3, 0.4) is 0 Å². The van der Waals surface area contributed by atoms with Crippen LogP contribution >= 0.6 is 11.3 Å². The first-order valence-electron chi connectivity index (χ1n) is 10.3. The average Bonchev–Trinajstić information content (AvgIpc) is 3.29. The van der Waals surface area contributed by atoms with Crippen LogP contribution in [0.2, 0.25) is 0 Å². The Hall–Kier alpha value is -0.910. The van der Waals surface area contributed by atoms with E-state index < -0.39 is 0 Å². The van der Waals surface area contributed by atoms with Gasteiger partial charge in [0.15, 0.2) is 0 Å². The Kier molecular flexibility index (Phi) is 5.40. The fraction of sp³-hybridized carbons (Fsp3) is 0.762. The molecule has 0 bridgehead atoms. The normalized spacial score (nSPS) is 29.6. The van der Waals surface area contributed by atoms with Crippen molar-refractivity contribution in [2.24, 2.45) is 0 Å². The minimum atomic E-state index is 0.171. The van der Waals surface area contributed by atoms with Crippen LogP contribution in [-0.2, 0) is 11.3 Å². The monoisotopic (exact) mass is 375 g/mol. The number of carbonyl (C=O) groups excluding carboxylic acids is 1. The summed E-state index contributed by atoms with van der Waals surface area (Å²) >= 11 is 2.05. The molecule has 26 heavy (non-hydrogen) atoms. The van der Waals surface area contributed by atoms with Gasteiger partial charge < -0.3 is 4.90 Å². The standard InChI is InChI=1S/C21H33N3OS/c1-22-12-11-21(10-9-20(22)25)16-24(14-13-23(21)2)15-18-7-8-19(26-18)17-5-3-4-6-17/h7-8,17H,3-6,9-16H2,1-2H3/t21-/m0/s1. The fourth-order valence-electron chi connectivity index (χ4n) is 5.10. The SMILES string of the molecule is CN1CC[C@@]2(CCC1=O)CN(Cc1ccc(C3CCCC3)s1)CCN2C. The summed E-state index contributed by atoms with van der Waals surface area (Å²) in [5.74, 6) is 1.14. The van der Waals surface area contributed by atoms with E-state index in [0.717, 1.165) is 51.5 Å². The number of thiophene rings is 1. The lowest BCUT2D eigenvalue weighted by Gasteiger charge is -2.49. The Labute approximate surface area is 162 Å². The van der Waals surface area contributed by atoms with Crippen molar-refractivity contribution in [2.75, 3.05) is 40.3 Å².